The van der Waals surface area contributed by atoms with Crippen LogP contribution in [0.3, 0.4) is 0 Å². The Morgan fingerprint density at radius 3 is 2.42 bits per heavy atom. The number of hydrogen-bond acceptors (Lipinski definition) is 2. The molecule has 0 aromatic rings. The Labute approximate surface area is 74.7 Å². The Hall–Kier alpha value is -0.730. The number of ether oxygens (including phenoxy) is 1. The third-order valence-electron chi connectivity index (χ3n) is 1.86. The number of hydrogen-bond donors (Lipinski definition) is 0. The first-order chi connectivity index (χ1) is 5.74. The summed E-state index contributed by atoms with van der Waals surface area (Å²) >= 11 is 0. The SMILES string of the molecule is CC.COC(=O)N1CCC(C)C1. The van der Waals surface area contributed by atoms with Gasteiger partial charge in [-0.05, 0) is 12.3 Å². The smallest absolute Gasteiger partial charge is 0.409 e. The van der Waals surface area contributed by atoms with Gasteiger partial charge in [0.1, 0.15) is 0 Å². The zero-order chi connectivity index (χ0) is 9.56. The summed E-state index contributed by atoms with van der Waals surface area (Å²) in [5, 5.41) is 0. The molecule has 1 amide bonds. The summed E-state index contributed by atoms with van der Waals surface area (Å²) in [5.41, 5.74) is 0. The number of likely N-dealkylation sites (tertiary alicyclic amines) is 1. The standard InChI is InChI=1S/C7H13NO2.C2H6/c1-6-3-4-8(5-6)7(9)10-2;1-2/h6H,3-5H2,1-2H3;1-2H3. The number of carbonyl (C=O) groups is 1. The quantitative estimate of drug-likeness (QED) is 0.561. The number of methoxy groups -OCH3 is 1. The maximum Gasteiger partial charge on any atom is 0.409 e. The largest absolute Gasteiger partial charge is 0.453 e. The van der Waals surface area contributed by atoms with Gasteiger partial charge in [-0.15, -0.1) is 0 Å². The van der Waals surface area contributed by atoms with Crippen molar-refractivity contribution in [1.82, 2.24) is 4.90 Å². The van der Waals surface area contributed by atoms with Gasteiger partial charge >= 0.3 is 6.09 Å². The molecule has 3 nitrogen and oxygen atoms in total. The Balaban J connectivity index is 0.000000561. The molecule has 12 heavy (non-hydrogen) atoms. The van der Waals surface area contributed by atoms with Crippen molar-refractivity contribution >= 4 is 6.09 Å². The minimum absolute atomic E-state index is 0.190. The van der Waals surface area contributed by atoms with Crippen LogP contribution in [0.2, 0.25) is 0 Å². The molecule has 0 aromatic carbocycles. The number of carbonyl (C=O) groups excluding carboxylic acids is 1. The van der Waals surface area contributed by atoms with E-state index in [1.807, 2.05) is 13.8 Å². The number of nitrogens with zero attached hydrogens (tertiary/aromatic N) is 1. The Bertz CT molecular complexity index is 136. The second kappa shape index (κ2) is 5.86. The Kier molecular flexibility index (Phi) is 5.51. The van der Waals surface area contributed by atoms with Crippen molar-refractivity contribution in [3.8, 4) is 0 Å². The fraction of sp³-hybridized carbons (Fsp3) is 0.889. The van der Waals surface area contributed by atoms with Crippen LogP contribution >= 0.6 is 0 Å². The van der Waals surface area contributed by atoms with E-state index in [9.17, 15) is 4.79 Å². The molecule has 1 atom stereocenters. The molecule has 0 aliphatic carbocycles. The molecule has 1 saturated heterocycles. The molecule has 0 bridgehead atoms. The van der Waals surface area contributed by atoms with Crippen LogP contribution < -0.4 is 0 Å². The van der Waals surface area contributed by atoms with Crippen LogP contribution in [0.15, 0.2) is 0 Å². The molecule has 0 radical (unpaired) electrons. The van der Waals surface area contributed by atoms with E-state index < -0.39 is 0 Å². The highest BCUT2D eigenvalue weighted by atomic mass is 16.5. The van der Waals surface area contributed by atoms with Gasteiger partial charge in [0.2, 0.25) is 0 Å². The van der Waals surface area contributed by atoms with E-state index in [0.717, 1.165) is 19.5 Å². The van der Waals surface area contributed by atoms with Gasteiger partial charge in [0.25, 0.3) is 0 Å². The maximum atomic E-state index is 10.9. The zero-order valence-corrected chi connectivity index (χ0v) is 8.46. The van der Waals surface area contributed by atoms with Crippen molar-refractivity contribution in [3.63, 3.8) is 0 Å². The monoisotopic (exact) mass is 173 g/mol. The molecule has 1 heterocycles. The van der Waals surface area contributed by atoms with Gasteiger partial charge in [0.05, 0.1) is 7.11 Å². The van der Waals surface area contributed by atoms with Crippen LogP contribution in [0.5, 0.6) is 0 Å². The lowest BCUT2D eigenvalue weighted by molar-refractivity contribution is 0.132. The molecule has 1 fully saturated rings. The van der Waals surface area contributed by atoms with E-state index in [-0.39, 0.29) is 6.09 Å². The first-order valence-electron chi connectivity index (χ1n) is 4.57. The van der Waals surface area contributed by atoms with Crippen molar-refractivity contribution in [3.05, 3.63) is 0 Å². The second-order valence-corrected chi connectivity index (χ2v) is 2.81. The first kappa shape index (κ1) is 11.3. The van der Waals surface area contributed by atoms with Gasteiger partial charge in [-0.25, -0.2) is 4.79 Å². The summed E-state index contributed by atoms with van der Waals surface area (Å²) in [6.07, 6.45) is 0.916. The van der Waals surface area contributed by atoms with Crippen LogP contribution in [-0.4, -0.2) is 31.2 Å². The van der Waals surface area contributed by atoms with Gasteiger partial charge in [-0.2, -0.15) is 0 Å². The van der Waals surface area contributed by atoms with E-state index in [2.05, 4.69) is 11.7 Å². The van der Waals surface area contributed by atoms with Crippen LogP contribution in [0.1, 0.15) is 27.2 Å². The average molecular weight is 173 g/mol. The molecule has 72 valence electrons. The van der Waals surface area contributed by atoms with Gasteiger partial charge in [-0.1, -0.05) is 20.8 Å². The van der Waals surface area contributed by atoms with Crippen LogP contribution in [0.4, 0.5) is 4.79 Å². The summed E-state index contributed by atoms with van der Waals surface area (Å²) in [5.74, 6) is 0.638. The highest BCUT2D eigenvalue weighted by Crippen LogP contribution is 2.15. The first-order valence-corrected chi connectivity index (χ1v) is 4.57. The molecule has 0 N–H and O–H groups in total. The molecule has 1 aliphatic rings. The molecule has 3 heteroatoms. The zero-order valence-electron chi connectivity index (χ0n) is 8.46. The number of amides is 1. The Morgan fingerprint density at radius 2 is 2.08 bits per heavy atom. The van der Waals surface area contributed by atoms with Gasteiger partial charge < -0.3 is 9.64 Å². The van der Waals surface area contributed by atoms with E-state index in [0.29, 0.717) is 5.92 Å². The van der Waals surface area contributed by atoms with E-state index in [1.54, 1.807) is 4.90 Å². The molecule has 1 aliphatic heterocycles. The van der Waals surface area contributed by atoms with E-state index >= 15 is 0 Å². The summed E-state index contributed by atoms with van der Waals surface area (Å²) < 4.78 is 4.57. The molecular formula is C9H19NO2. The van der Waals surface area contributed by atoms with Crippen molar-refractivity contribution in [2.45, 2.75) is 27.2 Å². The maximum absolute atomic E-state index is 10.9. The predicted molar refractivity (Wildman–Crippen MR) is 49.1 cm³/mol. The Morgan fingerprint density at radius 1 is 1.50 bits per heavy atom. The third-order valence-corrected chi connectivity index (χ3v) is 1.86. The summed E-state index contributed by atoms with van der Waals surface area (Å²) in [6, 6.07) is 0. The van der Waals surface area contributed by atoms with Crippen LogP contribution in [0.25, 0.3) is 0 Å². The highest BCUT2D eigenvalue weighted by molar-refractivity contribution is 5.67. The molecule has 1 rings (SSSR count). The van der Waals surface area contributed by atoms with E-state index in [1.165, 1.54) is 7.11 Å². The third kappa shape index (κ3) is 3.11. The normalized spacial score (nSPS) is 21.3. The minimum Gasteiger partial charge on any atom is -0.453 e. The minimum atomic E-state index is -0.190. The molecule has 1 unspecified atom stereocenters. The molecule has 0 saturated carbocycles. The fourth-order valence-electron chi connectivity index (χ4n) is 1.23. The average Bonchev–Trinajstić information content (AvgIpc) is 2.54. The lowest BCUT2D eigenvalue weighted by atomic mass is 10.2. The number of rotatable bonds is 0. The predicted octanol–water partition coefficient (Wildman–Crippen LogP) is 2.12. The lowest BCUT2D eigenvalue weighted by Crippen LogP contribution is -2.27. The molecule has 0 aromatic heterocycles. The van der Waals surface area contributed by atoms with Crippen LogP contribution in [0, 0.1) is 5.92 Å². The van der Waals surface area contributed by atoms with Crippen molar-refractivity contribution in [2.75, 3.05) is 20.2 Å². The van der Waals surface area contributed by atoms with Crippen molar-refractivity contribution < 1.29 is 9.53 Å². The fourth-order valence-corrected chi connectivity index (χ4v) is 1.23. The summed E-state index contributed by atoms with van der Waals surface area (Å²) in [4.78, 5) is 12.6. The highest BCUT2D eigenvalue weighted by Gasteiger charge is 2.23. The van der Waals surface area contributed by atoms with Gasteiger partial charge in [0, 0.05) is 13.1 Å². The summed E-state index contributed by atoms with van der Waals surface area (Å²) in [6.45, 7) is 7.85. The van der Waals surface area contributed by atoms with Crippen molar-refractivity contribution in [1.29, 1.82) is 0 Å². The topological polar surface area (TPSA) is 29.5 Å². The van der Waals surface area contributed by atoms with Gasteiger partial charge in [0.15, 0.2) is 0 Å². The molecule has 0 spiro atoms. The molecular weight excluding hydrogens is 154 g/mol. The summed E-state index contributed by atoms with van der Waals surface area (Å²) in [7, 11) is 1.42. The van der Waals surface area contributed by atoms with Crippen molar-refractivity contribution in [2.24, 2.45) is 5.92 Å². The van der Waals surface area contributed by atoms with Crippen LogP contribution in [-0.2, 0) is 4.74 Å². The second-order valence-electron chi connectivity index (χ2n) is 2.81. The van der Waals surface area contributed by atoms with E-state index in [4.69, 9.17) is 0 Å². The van der Waals surface area contributed by atoms with Gasteiger partial charge in [-0.3, -0.25) is 0 Å². The lowest BCUT2D eigenvalue weighted by Gasteiger charge is -2.12.